The second kappa shape index (κ2) is 3.90. The second-order valence-electron chi connectivity index (χ2n) is 3.34. The molecule has 0 atom stereocenters. The first-order chi connectivity index (χ1) is 7.27. The monoisotopic (exact) mass is 207 g/mol. The van der Waals surface area contributed by atoms with Crippen molar-refractivity contribution in [1.82, 2.24) is 0 Å². The lowest BCUT2D eigenvalue weighted by molar-refractivity contribution is -0.125. The fourth-order valence-electron chi connectivity index (χ4n) is 1.83. The molecule has 4 heteroatoms. The quantitative estimate of drug-likeness (QED) is 0.738. The zero-order valence-corrected chi connectivity index (χ0v) is 8.82. The van der Waals surface area contributed by atoms with Crippen LogP contribution in [0, 0.1) is 0 Å². The number of methoxy groups -OCH3 is 1. The lowest BCUT2D eigenvalue weighted by Crippen LogP contribution is -2.34. The van der Waals surface area contributed by atoms with Crippen LogP contribution in [0.15, 0.2) is 18.2 Å². The van der Waals surface area contributed by atoms with Gasteiger partial charge in [0.2, 0.25) is 0 Å². The highest BCUT2D eigenvalue weighted by Gasteiger charge is 2.27. The fourth-order valence-corrected chi connectivity index (χ4v) is 1.83. The molecule has 1 aliphatic rings. The molecule has 0 aliphatic carbocycles. The van der Waals surface area contributed by atoms with E-state index in [2.05, 4.69) is 0 Å². The van der Waals surface area contributed by atoms with Crippen LogP contribution in [0.2, 0.25) is 0 Å². The zero-order valence-electron chi connectivity index (χ0n) is 8.82. The number of aryl methyl sites for hydroxylation is 1. The maximum Gasteiger partial charge on any atom is 0.251 e. The molecule has 80 valence electrons. The third-order valence-corrected chi connectivity index (χ3v) is 2.52. The topological polar surface area (TPSA) is 38.8 Å². The molecule has 0 saturated heterocycles. The van der Waals surface area contributed by atoms with E-state index in [1.54, 1.807) is 7.11 Å². The summed E-state index contributed by atoms with van der Waals surface area (Å²) in [6.07, 6.45) is 1.22. The molecule has 4 nitrogen and oxygen atoms in total. The van der Waals surface area contributed by atoms with Crippen LogP contribution in [0.25, 0.3) is 0 Å². The summed E-state index contributed by atoms with van der Waals surface area (Å²) in [5, 5.41) is 1.30. The average molecular weight is 207 g/mol. The number of fused-ring (bicyclic) bond motifs is 1. The molecule has 2 rings (SSSR count). The number of benzene rings is 1. The Labute approximate surface area is 88.4 Å². The van der Waals surface area contributed by atoms with Gasteiger partial charge >= 0.3 is 0 Å². The Morgan fingerprint density at radius 2 is 2.07 bits per heavy atom. The Hall–Kier alpha value is -1.55. The first-order valence-corrected chi connectivity index (χ1v) is 4.81. The zero-order chi connectivity index (χ0) is 10.8. The minimum Gasteiger partial charge on any atom is -0.494 e. The van der Waals surface area contributed by atoms with Crippen molar-refractivity contribution in [2.75, 3.05) is 19.3 Å². The minimum absolute atomic E-state index is 0.0329. The lowest BCUT2D eigenvalue weighted by Gasteiger charge is -2.28. The van der Waals surface area contributed by atoms with Gasteiger partial charge in [0, 0.05) is 6.42 Å². The number of nitrogens with zero attached hydrogens (tertiary/aromatic N) is 1. The fraction of sp³-hybridized carbons (Fsp3) is 0.364. The molecule has 0 bridgehead atoms. The number of carbonyl (C=O) groups excluding carboxylic acids is 1. The highest BCUT2D eigenvalue weighted by molar-refractivity contribution is 5.96. The van der Waals surface area contributed by atoms with Crippen molar-refractivity contribution < 1.29 is 14.4 Å². The van der Waals surface area contributed by atoms with Gasteiger partial charge in [-0.15, -0.1) is 0 Å². The predicted molar refractivity (Wildman–Crippen MR) is 55.8 cm³/mol. The summed E-state index contributed by atoms with van der Waals surface area (Å²) in [5.74, 6) is 0.636. The van der Waals surface area contributed by atoms with Crippen molar-refractivity contribution >= 4 is 11.6 Å². The van der Waals surface area contributed by atoms with Gasteiger partial charge in [-0.2, -0.15) is 5.06 Å². The molecular formula is C11H13NO3. The Morgan fingerprint density at radius 1 is 1.27 bits per heavy atom. The standard InChI is InChI=1S/C11H13NO3/c1-14-9-5-3-4-8-6-7-10(13)12(15-2)11(8)9/h3-5H,6-7H2,1-2H3. The summed E-state index contributed by atoms with van der Waals surface area (Å²) in [6, 6.07) is 5.72. The largest absolute Gasteiger partial charge is 0.494 e. The van der Waals surface area contributed by atoms with Gasteiger partial charge in [-0.3, -0.25) is 9.63 Å². The van der Waals surface area contributed by atoms with E-state index in [1.807, 2.05) is 18.2 Å². The van der Waals surface area contributed by atoms with E-state index in [0.29, 0.717) is 12.2 Å². The van der Waals surface area contributed by atoms with Gasteiger partial charge in [-0.1, -0.05) is 12.1 Å². The molecule has 1 heterocycles. The summed E-state index contributed by atoms with van der Waals surface area (Å²) in [4.78, 5) is 16.7. The van der Waals surface area contributed by atoms with Crippen LogP contribution in [0.1, 0.15) is 12.0 Å². The first kappa shape index (κ1) is 9.98. The number of carbonyl (C=O) groups is 1. The highest BCUT2D eigenvalue weighted by atomic mass is 16.7. The number of anilines is 1. The van der Waals surface area contributed by atoms with Gasteiger partial charge < -0.3 is 4.74 Å². The predicted octanol–water partition coefficient (Wildman–Crippen LogP) is 1.54. The average Bonchev–Trinajstić information content (AvgIpc) is 2.28. The maximum absolute atomic E-state index is 11.6. The van der Waals surface area contributed by atoms with Gasteiger partial charge in [0.15, 0.2) is 0 Å². The van der Waals surface area contributed by atoms with E-state index in [9.17, 15) is 4.79 Å². The SMILES string of the molecule is COc1cccc2c1N(OC)C(=O)CC2. The van der Waals surface area contributed by atoms with Gasteiger partial charge in [0.05, 0.1) is 14.2 Å². The molecule has 0 aromatic heterocycles. The van der Waals surface area contributed by atoms with Crippen molar-refractivity contribution in [1.29, 1.82) is 0 Å². The minimum atomic E-state index is -0.0329. The number of hydrogen-bond acceptors (Lipinski definition) is 3. The van der Waals surface area contributed by atoms with Gasteiger partial charge in [0.25, 0.3) is 5.91 Å². The van der Waals surface area contributed by atoms with Gasteiger partial charge in [0.1, 0.15) is 11.4 Å². The van der Waals surface area contributed by atoms with E-state index in [0.717, 1.165) is 17.7 Å². The molecule has 0 fully saturated rings. The van der Waals surface area contributed by atoms with Crippen LogP contribution in [-0.2, 0) is 16.1 Å². The third-order valence-electron chi connectivity index (χ3n) is 2.52. The molecule has 0 spiro atoms. The molecule has 15 heavy (non-hydrogen) atoms. The molecular weight excluding hydrogens is 194 g/mol. The van der Waals surface area contributed by atoms with Gasteiger partial charge in [-0.05, 0) is 18.1 Å². The number of ether oxygens (including phenoxy) is 1. The summed E-state index contributed by atoms with van der Waals surface area (Å²) < 4.78 is 5.22. The van der Waals surface area contributed by atoms with Crippen molar-refractivity contribution in [2.24, 2.45) is 0 Å². The first-order valence-electron chi connectivity index (χ1n) is 4.81. The van der Waals surface area contributed by atoms with E-state index in [1.165, 1.54) is 12.2 Å². The maximum atomic E-state index is 11.6. The Kier molecular flexibility index (Phi) is 2.60. The van der Waals surface area contributed by atoms with Crippen molar-refractivity contribution in [2.45, 2.75) is 12.8 Å². The van der Waals surface area contributed by atoms with Crippen molar-refractivity contribution in [3.05, 3.63) is 23.8 Å². The van der Waals surface area contributed by atoms with Crippen LogP contribution in [0.5, 0.6) is 5.75 Å². The summed E-state index contributed by atoms with van der Waals surface area (Å²) in [6.45, 7) is 0. The molecule has 0 unspecified atom stereocenters. The van der Waals surface area contributed by atoms with E-state index < -0.39 is 0 Å². The highest BCUT2D eigenvalue weighted by Crippen LogP contribution is 2.36. The normalized spacial score (nSPS) is 15.1. The number of amides is 1. The molecule has 0 N–H and O–H groups in total. The Morgan fingerprint density at radius 3 is 2.73 bits per heavy atom. The van der Waals surface area contributed by atoms with Crippen molar-refractivity contribution in [3.8, 4) is 5.75 Å². The smallest absolute Gasteiger partial charge is 0.251 e. The molecule has 0 saturated carbocycles. The van der Waals surface area contributed by atoms with E-state index in [-0.39, 0.29) is 5.91 Å². The summed E-state index contributed by atoms with van der Waals surface area (Å²) in [7, 11) is 3.07. The van der Waals surface area contributed by atoms with Crippen LogP contribution in [0.3, 0.4) is 0 Å². The number of para-hydroxylation sites is 1. The molecule has 1 aromatic carbocycles. The summed E-state index contributed by atoms with van der Waals surface area (Å²) >= 11 is 0. The molecule has 1 aliphatic heterocycles. The molecule has 1 amide bonds. The third kappa shape index (κ3) is 1.57. The second-order valence-corrected chi connectivity index (χ2v) is 3.34. The molecule has 0 radical (unpaired) electrons. The van der Waals surface area contributed by atoms with Crippen LogP contribution in [0.4, 0.5) is 5.69 Å². The van der Waals surface area contributed by atoms with Crippen molar-refractivity contribution in [3.63, 3.8) is 0 Å². The van der Waals surface area contributed by atoms with Crippen LogP contribution < -0.4 is 9.80 Å². The van der Waals surface area contributed by atoms with E-state index >= 15 is 0 Å². The Bertz CT molecular complexity index is 375. The number of hydroxylamine groups is 1. The van der Waals surface area contributed by atoms with Crippen LogP contribution in [-0.4, -0.2) is 20.1 Å². The van der Waals surface area contributed by atoms with Crippen LogP contribution >= 0.6 is 0 Å². The van der Waals surface area contributed by atoms with E-state index in [4.69, 9.17) is 9.57 Å². The Balaban J connectivity index is 2.54. The number of rotatable bonds is 2. The lowest BCUT2D eigenvalue weighted by atomic mass is 10.0. The van der Waals surface area contributed by atoms with Gasteiger partial charge in [-0.25, -0.2) is 0 Å². The number of hydrogen-bond donors (Lipinski definition) is 0. The summed E-state index contributed by atoms with van der Waals surface area (Å²) in [5.41, 5.74) is 1.81. The molecule has 1 aromatic rings.